The summed E-state index contributed by atoms with van der Waals surface area (Å²) in [5, 5.41) is 24.9. The molecule has 1 spiro atoms. The number of fused-ring (bicyclic) bond motifs is 1. The number of rotatable bonds is 17. The number of H-pyrrole nitrogens is 1. The lowest BCUT2D eigenvalue weighted by atomic mass is 9.59. The molecule has 0 bridgehead atoms. The maximum Gasteiger partial charge on any atom is 0.281 e. The fourth-order valence-electron chi connectivity index (χ4n) is 8.76. The van der Waals surface area contributed by atoms with Crippen LogP contribution in [0.5, 0.6) is 11.5 Å². The molecule has 336 valence electrons. The number of aromatic amines is 1. The van der Waals surface area contributed by atoms with E-state index < -0.39 is 37.2 Å². The van der Waals surface area contributed by atoms with Gasteiger partial charge in [-0.2, -0.15) is 0 Å². The Balaban J connectivity index is 0.988. The summed E-state index contributed by atoms with van der Waals surface area (Å²) in [5.41, 5.74) is 4.79. The molecule has 8 rings (SSSR count). The van der Waals surface area contributed by atoms with Gasteiger partial charge in [0, 0.05) is 87.0 Å². The monoisotopic (exact) mass is 910 g/mol. The number of pyridine rings is 1. The Kier molecular flexibility index (Phi) is 13.6. The van der Waals surface area contributed by atoms with Crippen molar-refractivity contribution in [3.8, 4) is 11.5 Å². The number of amides is 1. The van der Waals surface area contributed by atoms with E-state index in [2.05, 4.69) is 37.2 Å². The van der Waals surface area contributed by atoms with Crippen molar-refractivity contribution in [3.05, 3.63) is 133 Å². The van der Waals surface area contributed by atoms with Gasteiger partial charge < -0.3 is 29.4 Å². The molecule has 16 nitrogen and oxygen atoms in total. The number of allylic oxidation sites excluding steroid dienone is 4. The number of piperazine rings is 1. The highest BCUT2D eigenvalue weighted by atomic mass is 35.5. The highest BCUT2D eigenvalue weighted by Gasteiger charge is 2.41. The third kappa shape index (κ3) is 10.2. The van der Waals surface area contributed by atoms with Gasteiger partial charge in [-0.15, -0.1) is 0 Å². The summed E-state index contributed by atoms with van der Waals surface area (Å²) in [6.45, 7) is 5.26. The van der Waals surface area contributed by atoms with E-state index in [-0.39, 0.29) is 30.0 Å². The number of nitro groups is 1. The number of anilines is 1. The van der Waals surface area contributed by atoms with Gasteiger partial charge in [0.25, 0.3) is 21.6 Å². The van der Waals surface area contributed by atoms with Gasteiger partial charge in [0.1, 0.15) is 17.1 Å². The van der Waals surface area contributed by atoms with Crippen molar-refractivity contribution < 1.29 is 32.3 Å². The molecule has 3 aliphatic carbocycles. The van der Waals surface area contributed by atoms with Crippen molar-refractivity contribution in [2.75, 3.05) is 71.1 Å². The summed E-state index contributed by atoms with van der Waals surface area (Å²) in [6, 6.07) is 16.8. The molecule has 1 aliphatic heterocycles. The fraction of sp³-hybridized carbons (Fsp3) is 0.370. The number of benzene rings is 2. The zero-order valence-electron chi connectivity index (χ0n) is 35.5. The fourth-order valence-corrected chi connectivity index (χ4v) is 9.90. The van der Waals surface area contributed by atoms with Gasteiger partial charge in [-0.1, -0.05) is 35.7 Å². The molecular formula is C46H51ClN8O8S. The number of sulfonamides is 1. The smallest absolute Gasteiger partial charge is 0.281 e. The summed E-state index contributed by atoms with van der Waals surface area (Å²) in [7, 11) is -3.17. The van der Waals surface area contributed by atoms with E-state index in [9.17, 15) is 23.3 Å². The molecule has 0 atom stereocenters. The zero-order valence-corrected chi connectivity index (χ0v) is 37.1. The third-order valence-corrected chi connectivity index (χ3v) is 14.0. The molecule has 1 saturated heterocycles. The molecule has 1 saturated carbocycles. The summed E-state index contributed by atoms with van der Waals surface area (Å²) in [5.74, 6) is -0.616. The number of ether oxygens (including phenoxy) is 3. The maximum atomic E-state index is 13.9. The van der Waals surface area contributed by atoms with Crippen molar-refractivity contribution in [2.45, 2.75) is 38.5 Å². The first-order valence-electron chi connectivity index (χ1n) is 21.3. The second kappa shape index (κ2) is 19.5. The Labute approximate surface area is 376 Å². The van der Waals surface area contributed by atoms with Crippen LogP contribution in [0.15, 0.2) is 107 Å². The SMILES string of the molecule is COCCOCCN/C=C1\C(=N)C=C(S(=O)(=O)NC(=O)c2ccc(N3CCN(CC4=C(c5ccc(Cl)cc5)CC5(CCC5)CC4)CC3)cc2Oc2cnc3[nH]ccc3c2)C=C1[N+](=O)[O-]. The number of halogens is 1. The number of hydrogen-bond donors (Lipinski definition) is 4. The van der Waals surface area contributed by atoms with Crippen LogP contribution in [-0.2, 0) is 19.5 Å². The van der Waals surface area contributed by atoms with Crippen LogP contribution in [0, 0.1) is 20.9 Å². The van der Waals surface area contributed by atoms with Crippen molar-refractivity contribution in [1.29, 1.82) is 5.41 Å². The van der Waals surface area contributed by atoms with Gasteiger partial charge in [0.15, 0.2) is 0 Å². The second-order valence-electron chi connectivity index (χ2n) is 16.6. The van der Waals surface area contributed by atoms with Crippen LogP contribution in [0.4, 0.5) is 5.69 Å². The molecular weight excluding hydrogens is 860 g/mol. The number of nitrogens with one attached hydrogen (secondary N) is 4. The first kappa shape index (κ1) is 44.7. The topological polar surface area (TPSA) is 205 Å². The molecule has 4 aliphatic rings. The lowest BCUT2D eigenvalue weighted by molar-refractivity contribution is -0.420. The van der Waals surface area contributed by atoms with Crippen LogP contribution in [0.3, 0.4) is 0 Å². The molecule has 64 heavy (non-hydrogen) atoms. The van der Waals surface area contributed by atoms with Gasteiger partial charge in [0.2, 0.25) is 0 Å². The van der Waals surface area contributed by atoms with Crippen molar-refractivity contribution >= 4 is 55.5 Å². The molecule has 18 heteroatoms. The van der Waals surface area contributed by atoms with Crippen LogP contribution in [0.1, 0.15) is 54.4 Å². The first-order chi connectivity index (χ1) is 30.9. The predicted molar refractivity (Wildman–Crippen MR) is 246 cm³/mol. The van der Waals surface area contributed by atoms with Crippen molar-refractivity contribution in [1.82, 2.24) is 24.9 Å². The van der Waals surface area contributed by atoms with Crippen LogP contribution in [0.25, 0.3) is 16.6 Å². The summed E-state index contributed by atoms with van der Waals surface area (Å²) >= 11 is 6.27. The number of aromatic nitrogens is 2. The quantitative estimate of drug-likeness (QED) is 0.0471. The van der Waals surface area contributed by atoms with Gasteiger partial charge in [-0.25, -0.2) is 18.1 Å². The van der Waals surface area contributed by atoms with Gasteiger partial charge in [-0.3, -0.25) is 25.2 Å². The zero-order chi connectivity index (χ0) is 44.8. The Morgan fingerprint density at radius 1 is 1.05 bits per heavy atom. The molecule has 4 aromatic rings. The molecule has 2 aromatic carbocycles. The molecule has 0 radical (unpaired) electrons. The van der Waals surface area contributed by atoms with Crippen LogP contribution < -0.4 is 19.7 Å². The number of methoxy groups -OCH3 is 1. The Bertz CT molecular complexity index is 2660. The van der Waals surface area contributed by atoms with E-state index >= 15 is 0 Å². The Morgan fingerprint density at radius 2 is 1.84 bits per heavy atom. The van der Waals surface area contributed by atoms with Gasteiger partial charge >= 0.3 is 0 Å². The molecule has 2 aromatic heterocycles. The number of hydrogen-bond acceptors (Lipinski definition) is 13. The van der Waals surface area contributed by atoms with Gasteiger partial charge in [0.05, 0.1) is 52.7 Å². The maximum absolute atomic E-state index is 13.9. The average molecular weight is 911 g/mol. The Hall–Kier alpha value is -5.85. The first-order valence-corrected chi connectivity index (χ1v) is 23.2. The van der Waals surface area contributed by atoms with Crippen LogP contribution in [0.2, 0.25) is 5.02 Å². The normalized spacial score (nSPS) is 18.5. The molecule has 2 fully saturated rings. The minimum Gasteiger partial charge on any atom is -0.455 e. The molecule has 4 N–H and O–H groups in total. The highest BCUT2D eigenvalue weighted by Crippen LogP contribution is 2.55. The van der Waals surface area contributed by atoms with Crippen molar-refractivity contribution in [2.24, 2.45) is 5.41 Å². The Morgan fingerprint density at radius 3 is 2.58 bits per heavy atom. The number of carbonyl (C=O) groups excluding carboxylic acids is 1. The predicted octanol–water partition coefficient (Wildman–Crippen LogP) is 7.21. The number of nitrogens with zero attached hydrogens (tertiary/aromatic N) is 4. The molecule has 3 heterocycles. The molecule has 1 amide bonds. The van der Waals surface area contributed by atoms with E-state index in [1.807, 2.05) is 22.9 Å². The average Bonchev–Trinajstić information content (AvgIpc) is 3.74. The summed E-state index contributed by atoms with van der Waals surface area (Å²) in [6.07, 6.45) is 13.6. The lowest BCUT2D eigenvalue weighted by Crippen LogP contribution is -2.47. The second-order valence-corrected chi connectivity index (χ2v) is 18.7. The highest BCUT2D eigenvalue weighted by molar-refractivity contribution is 7.94. The van der Waals surface area contributed by atoms with E-state index in [0.717, 1.165) is 60.7 Å². The van der Waals surface area contributed by atoms with Crippen LogP contribution >= 0.6 is 11.6 Å². The standard InChI is InChI=1S/C46H51ClN8O8S/c1-61-21-22-62-20-15-49-29-40-41(48)25-37(26-42(40)55(57)58)64(59,60)52-45(56)38-8-7-35(24-43(38)63-36-23-32-10-14-50-44(32)51-28-36)54-18-16-53(17-19-54)30-33-9-13-46(11-2-12-46)27-39(33)31-3-5-34(47)6-4-31/h3-8,10,14,23-26,28-29,48-49H,2,9,11-13,15-22,27,30H2,1H3,(H,50,51)(H,52,56)/b40-29+,48-41?. The van der Waals surface area contributed by atoms with Gasteiger partial charge in [-0.05, 0) is 91.1 Å². The minimum atomic E-state index is -4.72. The minimum absolute atomic E-state index is 0.0867. The van der Waals surface area contributed by atoms with E-state index in [1.54, 1.807) is 31.5 Å². The largest absolute Gasteiger partial charge is 0.455 e. The summed E-state index contributed by atoms with van der Waals surface area (Å²) in [4.78, 5) is 36.8. The van der Waals surface area contributed by atoms with E-state index in [0.29, 0.717) is 43.1 Å². The van der Waals surface area contributed by atoms with Crippen molar-refractivity contribution in [3.63, 3.8) is 0 Å². The number of carbonyl (C=O) groups is 1. The summed E-state index contributed by atoms with van der Waals surface area (Å²) < 4.78 is 46.1. The van der Waals surface area contributed by atoms with Crippen LogP contribution in [-0.4, -0.2) is 106 Å². The third-order valence-electron chi connectivity index (χ3n) is 12.4. The van der Waals surface area contributed by atoms with E-state index in [1.165, 1.54) is 60.9 Å². The molecule has 0 unspecified atom stereocenters. The lowest BCUT2D eigenvalue weighted by Gasteiger charge is -2.47. The van der Waals surface area contributed by atoms with E-state index in [4.69, 9.17) is 31.2 Å².